The fourth-order valence-corrected chi connectivity index (χ4v) is 3.55. The average Bonchev–Trinajstić information content (AvgIpc) is 2.64. The molecule has 2 nitrogen and oxygen atoms in total. The summed E-state index contributed by atoms with van der Waals surface area (Å²) in [6, 6.07) is 1.40. The van der Waals surface area contributed by atoms with Gasteiger partial charge in [-0.2, -0.15) is 0 Å². The van der Waals surface area contributed by atoms with Crippen LogP contribution in [0.1, 0.15) is 48.0 Å². The second-order valence-electron chi connectivity index (χ2n) is 7.31. The first-order valence-electron chi connectivity index (χ1n) is 7.28. The molecule has 17 heavy (non-hydrogen) atoms. The third kappa shape index (κ3) is 2.15. The lowest BCUT2D eigenvalue weighted by Gasteiger charge is -2.39. The number of hydrogen-bond donors (Lipinski definition) is 1. The second-order valence-corrected chi connectivity index (χ2v) is 7.31. The van der Waals surface area contributed by atoms with E-state index in [4.69, 9.17) is 0 Å². The molecule has 0 aromatic heterocycles. The monoisotopic (exact) mass is 238 g/mol. The van der Waals surface area contributed by atoms with Crippen molar-refractivity contribution in [3.63, 3.8) is 0 Å². The summed E-state index contributed by atoms with van der Waals surface area (Å²) in [5.74, 6) is 0.869. The van der Waals surface area contributed by atoms with E-state index < -0.39 is 0 Å². The van der Waals surface area contributed by atoms with Crippen molar-refractivity contribution in [3.05, 3.63) is 0 Å². The molecule has 0 amide bonds. The van der Waals surface area contributed by atoms with Gasteiger partial charge in [0.25, 0.3) is 0 Å². The Labute approximate surface area is 107 Å². The molecular weight excluding hydrogens is 208 g/mol. The van der Waals surface area contributed by atoms with Gasteiger partial charge in [0, 0.05) is 31.7 Å². The van der Waals surface area contributed by atoms with E-state index in [1.54, 1.807) is 0 Å². The van der Waals surface area contributed by atoms with E-state index in [0.29, 0.717) is 22.9 Å². The number of nitrogens with zero attached hydrogens (tertiary/aromatic N) is 1. The van der Waals surface area contributed by atoms with E-state index in [9.17, 15) is 0 Å². The number of rotatable bonds is 3. The third-order valence-corrected chi connectivity index (χ3v) is 6.01. The highest BCUT2D eigenvalue weighted by atomic mass is 15.2. The minimum Gasteiger partial charge on any atom is -0.311 e. The molecular formula is C15H30N2. The van der Waals surface area contributed by atoms with E-state index in [1.807, 2.05) is 0 Å². The van der Waals surface area contributed by atoms with Crippen molar-refractivity contribution in [2.75, 3.05) is 19.6 Å². The van der Waals surface area contributed by atoms with Crippen molar-refractivity contribution in [3.8, 4) is 0 Å². The fraction of sp³-hybridized carbons (Fsp3) is 1.00. The molecule has 0 radical (unpaired) electrons. The van der Waals surface area contributed by atoms with E-state index in [1.165, 1.54) is 19.5 Å². The van der Waals surface area contributed by atoms with Crippen LogP contribution in [0.4, 0.5) is 0 Å². The largest absolute Gasteiger partial charge is 0.311 e. The van der Waals surface area contributed by atoms with Gasteiger partial charge in [-0.3, -0.25) is 4.90 Å². The summed E-state index contributed by atoms with van der Waals surface area (Å²) in [7, 11) is 0. The first-order chi connectivity index (χ1) is 7.80. The molecule has 1 saturated heterocycles. The van der Waals surface area contributed by atoms with Gasteiger partial charge in [0.1, 0.15) is 0 Å². The molecule has 2 rings (SSSR count). The minimum atomic E-state index is 0.527. The maximum Gasteiger partial charge on any atom is 0.0193 e. The van der Waals surface area contributed by atoms with Crippen LogP contribution in [0.3, 0.4) is 0 Å². The van der Waals surface area contributed by atoms with E-state index in [0.717, 1.165) is 12.5 Å². The molecule has 2 heteroatoms. The van der Waals surface area contributed by atoms with Crippen LogP contribution in [0.5, 0.6) is 0 Å². The van der Waals surface area contributed by atoms with Gasteiger partial charge < -0.3 is 5.32 Å². The molecule has 0 spiro atoms. The van der Waals surface area contributed by atoms with E-state index in [-0.39, 0.29) is 0 Å². The summed E-state index contributed by atoms with van der Waals surface area (Å²) in [6.07, 6.45) is 1.25. The Kier molecular flexibility index (Phi) is 3.33. The van der Waals surface area contributed by atoms with Crippen molar-refractivity contribution in [1.82, 2.24) is 10.2 Å². The molecule has 2 aliphatic rings. The van der Waals surface area contributed by atoms with Gasteiger partial charge in [-0.15, -0.1) is 0 Å². The third-order valence-electron chi connectivity index (χ3n) is 6.01. The summed E-state index contributed by atoms with van der Waals surface area (Å²) in [4.78, 5) is 2.71. The van der Waals surface area contributed by atoms with Gasteiger partial charge in [0.2, 0.25) is 0 Å². The molecule has 2 unspecified atom stereocenters. The summed E-state index contributed by atoms with van der Waals surface area (Å²) in [5.41, 5.74) is 1.05. The molecule has 1 aliphatic heterocycles. The normalized spacial score (nSPS) is 37.1. The Morgan fingerprint density at radius 1 is 1.18 bits per heavy atom. The lowest BCUT2D eigenvalue weighted by atomic mass is 10.0. The van der Waals surface area contributed by atoms with E-state index in [2.05, 4.69) is 51.8 Å². The standard InChI is InChI=1S/C15H30N2/c1-7-12-9-17(11(2)8-16-12)10-13-14(3,4)15(13,5)6/h11-13,16H,7-10H2,1-6H3. The van der Waals surface area contributed by atoms with Crippen molar-refractivity contribution in [2.24, 2.45) is 16.7 Å². The Morgan fingerprint density at radius 2 is 1.76 bits per heavy atom. The average molecular weight is 238 g/mol. The minimum absolute atomic E-state index is 0.527. The Morgan fingerprint density at radius 3 is 2.24 bits per heavy atom. The molecule has 2 atom stereocenters. The first kappa shape index (κ1) is 13.4. The zero-order valence-electron chi connectivity index (χ0n) is 12.5. The van der Waals surface area contributed by atoms with Crippen molar-refractivity contribution < 1.29 is 0 Å². The van der Waals surface area contributed by atoms with Crippen LogP contribution in [-0.2, 0) is 0 Å². The molecule has 100 valence electrons. The molecule has 0 bridgehead atoms. The Balaban J connectivity index is 1.95. The lowest BCUT2D eigenvalue weighted by Crippen LogP contribution is -2.55. The van der Waals surface area contributed by atoms with E-state index >= 15 is 0 Å². The fourth-order valence-electron chi connectivity index (χ4n) is 3.55. The SMILES string of the molecule is CCC1CN(CC2C(C)(C)C2(C)C)C(C)CN1. The summed E-state index contributed by atoms with van der Waals surface area (Å²) < 4.78 is 0. The number of hydrogen-bond acceptors (Lipinski definition) is 2. The predicted octanol–water partition coefficient (Wildman–Crippen LogP) is 2.74. The smallest absolute Gasteiger partial charge is 0.0193 e. The quantitative estimate of drug-likeness (QED) is 0.813. The maximum absolute atomic E-state index is 3.64. The predicted molar refractivity (Wildman–Crippen MR) is 74.2 cm³/mol. The highest BCUT2D eigenvalue weighted by Gasteiger charge is 2.64. The zero-order chi connectivity index (χ0) is 12.8. The maximum atomic E-state index is 3.64. The molecule has 0 aromatic rings. The Hall–Kier alpha value is -0.0800. The van der Waals surface area contributed by atoms with Crippen molar-refractivity contribution in [1.29, 1.82) is 0 Å². The number of piperazine rings is 1. The van der Waals surface area contributed by atoms with Gasteiger partial charge >= 0.3 is 0 Å². The van der Waals surface area contributed by atoms with Crippen LogP contribution < -0.4 is 5.32 Å². The van der Waals surface area contributed by atoms with Crippen molar-refractivity contribution in [2.45, 2.75) is 60.0 Å². The van der Waals surface area contributed by atoms with Gasteiger partial charge in [-0.1, -0.05) is 34.6 Å². The molecule has 1 aliphatic carbocycles. The molecule has 2 fully saturated rings. The summed E-state index contributed by atoms with van der Waals surface area (Å²) in [6.45, 7) is 18.1. The van der Waals surface area contributed by atoms with Crippen LogP contribution in [0.25, 0.3) is 0 Å². The van der Waals surface area contributed by atoms with Crippen LogP contribution in [0.15, 0.2) is 0 Å². The van der Waals surface area contributed by atoms with Crippen LogP contribution in [-0.4, -0.2) is 36.6 Å². The molecule has 1 saturated carbocycles. The van der Waals surface area contributed by atoms with Gasteiger partial charge in [-0.05, 0) is 30.1 Å². The molecule has 1 heterocycles. The molecule has 0 aromatic carbocycles. The van der Waals surface area contributed by atoms with Crippen LogP contribution in [0, 0.1) is 16.7 Å². The molecule has 1 N–H and O–H groups in total. The van der Waals surface area contributed by atoms with Gasteiger partial charge in [0.05, 0.1) is 0 Å². The first-order valence-corrected chi connectivity index (χ1v) is 7.28. The van der Waals surface area contributed by atoms with Gasteiger partial charge in [0.15, 0.2) is 0 Å². The van der Waals surface area contributed by atoms with Crippen LogP contribution >= 0.6 is 0 Å². The highest BCUT2D eigenvalue weighted by Crippen LogP contribution is 2.68. The lowest BCUT2D eigenvalue weighted by molar-refractivity contribution is 0.126. The number of nitrogens with one attached hydrogen (secondary N) is 1. The van der Waals surface area contributed by atoms with Crippen molar-refractivity contribution >= 4 is 0 Å². The highest BCUT2D eigenvalue weighted by molar-refractivity contribution is 5.13. The topological polar surface area (TPSA) is 15.3 Å². The zero-order valence-corrected chi connectivity index (χ0v) is 12.5. The summed E-state index contributed by atoms with van der Waals surface area (Å²) in [5, 5.41) is 3.64. The second kappa shape index (κ2) is 4.24. The summed E-state index contributed by atoms with van der Waals surface area (Å²) >= 11 is 0. The van der Waals surface area contributed by atoms with Crippen LogP contribution in [0.2, 0.25) is 0 Å². The van der Waals surface area contributed by atoms with Gasteiger partial charge in [-0.25, -0.2) is 0 Å². The Bertz CT molecular complexity index is 269.